The van der Waals surface area contributed by atoms with Crippen LogP contribution in [0.4, 0.5) is 5.69 Å². The van der Waals surface area contributed by atoms with Gasteiger partial charge >= 0.3 is 5.97 Å². The lowest BCUT2D eigenvalue weighted by Crippen LogP contribution is -2.25. The molecule has 4 aliphatic carbocycles. The largest absolute Gasteiger partial charge is 0.494 e. The fourth-order valence-electron chi connectivity index (χ4n) is 20.0. The molecule has 0 bridgehead atoms. The van der Waals surface area contributed by atoms with Gasteiger partial charge in [-0.1, -0.05) is 137 Å². The first-order valence-corrected chi connectivity index (χ1v) is 48.4. The minimum absolute atomic E-state index is 0.0281. The number of ether oxygens (including phenoxy) is 3. The average molecular weight is 1930 g/mol. The summed E-state index contributed by atoms with van der Waals surface area (Å²) in [5.74, 6) is 1.35. The zero-order valence-electron chi connectivity index (χ0n) is 80.0. The minimum Gasteiger partial charge on any atom is -0.494 e. The summed E-state index contributed by atoms with van der Waals surface area (Å²) in [4.78, 5) is 65.8. The third-order valence-electron chi connectivity index (χ3n) is 27.1. The number of anilines is 1. The van der Waals surface area contributed by atoms with Crippen LogP contribution in [0.2, 0.25) is 25.2 Å². The van der Waals surface area contributed by atoms with Crippen LogP contribution in [0.5, 0.6) is 17.2 Å². The number of allylic oxidation sites excluding steroid dienone is 3. The molecule has 0 saturated carbocycles. The number of carboxylic acids is 1. The molecule has 137 heavy (non-hydrogen) atoms. The highest BCUT2D eigenvalue weighted by atomic mass is 35.5. The Labute approximate surface area is 825 Å². The van der Waals surface area contributed by atoms with E-state index in [9.17, 15) is 24.3 Å². The Bertz CT molecular complexity index is 7120. The smallest absolute Gasteiger partial charge is 0.336 e. The summed E-state index contributed by atoms with van der Waals surface area (Å²) in [5.41, 5.74) is 37.3. The van der Waals surface area contributed by atoms with Crippen LogP contribution < -0.4 is 30.2 Å². The molecule has 1 atom stereocenters. The number of aryl methyl sites for hydroxylation is 13. The maximum atomic E-state index is 14.1. The summed E-state index contributed by atoms with van der Waals surface area (Å²) in [7, 11) is 5.85. The number of nitrogens with one attached hydrogen (secondary N) is 4. The summed E-state index contributed by atoms with van der Waals surface area (Å²) >= 11 is 31.9. The topological polar surface area (TPSA) is 247 Å². The Hall–Kier alpha value is -12.8. The van der Waals surface area contributed by atoms with Crippen molar-refractivity contribution in [1.29, 1.82) is 0 Å². The Balaban J connectivity index is 0.000000150. The van der Waals surface area contributed by atoms with Crippen LogP contribution in [0.25, 0.3) is 61.0 Å². The number of benzene rings is 8. The molecule has 0 aliphatic heterocycles. The van der Waals surface area contributed by atoms with Crippen molar-refractivity contribution in [1.82, 2.24) is 54.9 Å². The van der Waals surface area contributed by atoms with E-state index in [1.165, 1.54) is 28.3 Å². The first-order valence-electron chi connectivity index (χ1n) is 46.5. The molecule has 6 heterocycles. The molecule has 0 spiro atoms. The summed E-state index contributed by atoms with van der Waals surface area (Å²) in [6.07, 6.45) is 14.3. The van der Waals surface area contributed by atoms with Crippen molar-refractivity contribution in [2.75, 3.05) is 25.1 Å². The van der Waals surface area contributed by atoms with Crippen LogP contribution in [0.3, 0.4) is 0 Å². The van der Waals surface area contributed by atoms with Gasteiger partial charge in [0.1, 0.15) is 22.4 Å². The van der Waals surface area contributed by atoms with E-state index in [0.717, 1.165) is 245 Å². The highest BCUT2D eigenvalue weighted by Gasteiger charge is 2.35. The fourth-order valence-corrected chi connectivity index (χ4v) is 20.7. The molecule has 18 rings (SSSR count). The van der Waals surface area contributed by atoms with Crippen LogP contribution in [0.1, 0.15) is 190 Å². The van der Waals surface area contributed by atoms with Crippen LogP contribution in [0.15, 0.2) is 187 Å². The number of hydrogen-bond donors (Lipinski definition) is 5. The van der Waals surface area contributed by atoms with Crippen LogP contribution in [0, 0.1) is 83.1 Å². The minimum atomic E-state index is -1.07. The van der Waals surface area contributed by atoms with Gasteiger partial charge in [-0.2, -0.15) is 15.3 Å². The van der Waals surface area contributed by atoms with Crippen molar-refractivity contribution in [3.8, 4) is 50.6 Å². The zero-order valence-corrected chi connectivity index (χ0v) is 83.8. The molecule has 1 unspecified atom stereocenters. The number of halogens is 5. The van der Waals surface area contributed by atoms with E-state index in [-0.39, 0.29) is 23.3 Å². The number of H-pyrrole nitrogens is 1. The highest BCUT2D eigenvalue weighted by Crippen LogP contribution is 2.49. The van der Waals surface area contributed by atoms with E-state index in [1.54, 1.807) is 30.6 Å². The second kappa shape index (κ2) is 42.0. The molecule has 0 radical (unpaired) electrons. The van der Waals surface area contributed by atoms with Crippen LogP contribution in [-0.4, -0.2) is 92.9 Å². The second-order valence-corrected chi connectivity index (χ2v) is 38.3. The zero-order chi connectivity index (χ0) is 97.1. The van der Waals surface area contributed by atoms with Crippen molar-refractivity contribution in [2.24, 2.45) is 21.1 Å². The number of carboxylic acid groups (broad SMARTS) is 1. The molecular formula is C112H113Cl5N12O8. The van der Waals surface area contributed by atoms with E-state index < -0.39 is 5.97 Å². The number of rotatable bonds is 28. The van der Waals surface area contributed by atoms with Gasteiger partial charge < -0.3 is 40.3 Å². The van der Waals surface area contributed by atoms with Gasteiger partial charge in [0.2, 0.25) is 11.8 Å². The lowest BCUT2D eigenvalue weighted by atomic mass is 9.82. The molecule has 0 saturated heterocycles. The maximum absolute atomic E-state index is 14.1. The number of nitrogens with zero attached hydrogens (tertiary/aromatic N) is 8. The molecular weight excluding hydrogens is 1820 g/mol. The van der Waals surface area contributed by atoms with Crippen molar-refractivity contribution < 1.29 is 38.5 Å². The predicted octanol–water partition coefficient (Wildman–Crippen LogP) is 25.2. The van der Waals surface area contributed by atoms with Crippen molar-refractivity contribution in [3.63, 3.8) is 0 Å². The Morgan fingerprint density at radius 2 is 0.883 bits per heavy atom. The summed E-state index contributed by atoms with van der Waals surface area (Å²) < 4.78 is 24.1. The number of pyridine rings is 2. The number of hydrogen-bond acceptors (Lipinski definition) is 12. The molecule has 4 aliphatic rings. The average Bonchev–Trinajstić information content (AvgIpc) is 1.61. The third kappa shape index (κ3) is 21.0. The molecule has 25 heteroatoms. The molecule has 20 nitrogen and oxygen atoms in total. The molecule has 8 aromatic carbocycles. The third-order valence-corrected chi connectivity index (χ3v) is 29.4. The number of aromatic amines is 1. The molecule has 5 N–H and O–H groups in total. The molecule has 3 amide bonds. The molecule has 14 aromatic rings. The fraction of sp³-hybridized carbons (Fsp3) is 0.295. The first kappa shape index (κ1) is 97.3. The SMILES string of the molecule is Cc1cc(OCCCC2=C(C(=O)NCc3ccc(C4CCc5ccccc5C4)nc3)Cc3c2cccc3-c2c(C)nn(C)c2C)cc(C)c1Cl.Cc1cc(OCCCC2=C(C(=O)NCc3ccc(Cl)nc3)Cc3c2cccc3-c2c(C)nn(C)c2C)cc(C)c1Cl.Cc1cc(OCCCC2=C(C(=O)Nc3cc(C(=O)O)c4cc[nH]c4c3)Cc3c2ccc(Cl)c3-c2c(C)nn(C)c2C)cc(C)c1Cl. The second-order valence-electron chi connectivity index (χ2n) is 36.4. The number of fused-ring (bicyclic) bond motifs is 5. The number of aromatic carboxylic acids is 1. The van der Waals surface area contributed by atoms with E-state index in [4.69, 9.17) is 82.3 Å². The van der Waals surface area contributed by atoms with Crippen molar-refractivity contribution in [3.05, 3.63) is 347 Å². The lowest BCUT2D eigenvalue weighted by Gasteiger charge is -2.24. The van der Waals surface area contributed by atoms with E-state index in [1.807, 2.05) is 158 Å². The van der Waals surface area contributed by atoms with Gasteiger partial charge in [0.05, 0.1) is 42.5 Å². The van der Waals surface area contributed by atoms with Gasteiger partial charge in [0, 0.05) is 176 Å². The van der Waals surface area contributed by atoms with Crippen LogP contribution in [-0.2, 0) is 80.7 Å². The number of amides is 3. The maximum Gasteiger partial charge on any atom is 0.336 e. The number of aromatic nitrogens is 9. The summed E-state index contributed by atoms with van der Waals surface area (Å²) in [6.45, 7) is 26.5. The van der Waals surface area contributed by atoms with Gasteiger partial charge in [0.25, 0.3) is 5.91 Å². The number of carbonyl (C=O) groups excluding carboxylic acids is 3. The van der Waals surface area contributed by atoms with E-state index >= 15 is 0 Å². The van der Waals surface area contributed by atoms with Gasteiger partial charge in [-0.25, -0.2) is 9.78 Å². The van der Waals surface area contributed by atoms with Crippen molar-refractivity contribution >= 4 is 115 Å². The predicted molar refractivity (Wildman–Crippen MR) is 550 cm³/mol. The van der Waals surface area contributed by atoms with E-state index in [2.05, 4.69) is 130 Å². The van der Waals surface area contributed by atoms with Crippen molar-refractivity contribution in [2.45, 2.75) is 179 Å². The molecule has 704 valence electrons. The van der Waals surface area contributed by atoms with Gasteiger partial charge in [-0.05, 0) is 331 Å². The quantitative estimate of drug-likeness (QED) is 0.0226. The molecule has 0 fully saturated rings. The van der Waals surface area contributed by atoms with E-state index in [0.29, 0.717) is 103 Å². The Morgan fingerprint density at radius 3 is 1.32 bits per heavy atom. The van der Waals surface area contributed by atoms with Gasteiger partial charge in [-0.3, -0.25) is 33.4 Å². The summed E-state index contributed by atoms with van der Waals surface area (Å²) in [5, 5.41) is 37.0. The summed E-state index contributed by atoms with van der Waals surface area (Å²) in [6, 6.07) is 50.0. The number of carbonyl (C=O) groups is 4. The first-order chi connectivity index (χ1) is 65.7. The normalized spacial score (nSPS) is 13.5. The van der Waals surface area contributed by atoms with Crippen LogP contribution >= 0.6 is 58.0 Å². The monoisotopic (exact) mass is 1930 g/mol. The highest BCUT2D eigenvalue weighted by molar-refractivity contribution is 6.34. The van der Waals surface area contributed by atoms with Gasteiger partial charge in [-0.15, -0.1) is 0 Å². The van der Waals surface area contributed by atoms with Gasteiger partial charge in [0.15, 0.2) is 0 Å². The standard InChI is InChI=1S/C43H45ClN4O2.C36H34Cl2N4O4.C33H34Cl2N4O2/c1-26-20-34(21-27(2)42(26)44)50-19-9-14-36-35-12-8-13-37(41-28(3)47-48(5)29(41)4)38(35)23-39(36)43(49)46-25-30-15-18-40(45-24-30)33-17-16-31-10-6-7-11-32(31)22-33;1-18-13-23(14-19(2)34(18)38)46-12-6-7-24-25-8-9-30(37)33(32-20(3)41-42(5)21(32)4)27(25)17-28(24)35(43)40-22-15-29(36(44)45)26-10-11-39-31(26)16-22;1-19-14-24(15-20(2)32(19)35)41-13-7-10-26-25-8-6-9-27(31-21(3)38-39(5)22(31)4)28(25)16-29(26)33(40)37-18-23-11-12-30(34)36-17-23/h6-8,10-13,15,18,20-21,24,33H,9,14,16-17,19,22-23,25H2,1-5H3,(H,46,49);8-11,13-16,39H,6-7,12,17H2,1-5H3,(H,40,43)(H,44,45);6,8-9,11-12,14-15,17H,7,10,13,16,18H2,1-5H3,(H,37,40). The molecule has 6 aromatic heterocycles. The Kier molecular flexibility index (Phi) is 29.8. The lowest BCUT2D eigenvalue weighted by molar-refractivity contribution is -0.118. The Morgan fingerprint density at radius 1 is 0.453 bits per heavy atom.